The Balaban J connectivity index is 1.78. The number of aliphatic hydroxyl groups is 1. The normalized spacial score (nSPS) is 22.9. The first-order chi connectivity index (χ1) is 15.2. The molecule has 3 heterocycles. The lowest BCUT2D eigenvalue weighted by Crippen LogP contribution is -2.42. The van der Waals surface area contributed by atoms with Crippen LogP contribution < -0.4 is 11.1 Å². The Bertz CT molecular complexity index is 1300. The number of fused-ring (bicyclic) bond motifs is 1. The van der Waals surface area contributed by atoms with Crippen molar-refractivity contribution in [3.05, 3.63) is 53.5 Å². The molecule has 32 heavy (non-hydrogen) atoms. The van der Waals surface area contributed by atoms with Gasteiger partial charge in [0.2, 0.25) is 0 Å². The monoisotopic (exact) mass is 455 g/mol. The Morgan fingerprint density at radius 3 is 2.75 bits per heavy atom. The summed E-state index contributed by atoms with van der Waals surface area (Å²) >= 11 is 1.20. The van der Waals surface area contributed by atoms with Crippen LogP contribution in [0, 0.1) is 23.0 Å². The van der Waals surface area contributed by atoms with E-state index in [1.54, 1.807) is 19.9 Å². The number of halogens is 2. The van der Waals surface area contributed by atoms with Gasteiger partial charge in [-0.1, -0.05) is 11.8 Å². The average Bonchev–Trinajstić information content (AvgIpc) is 2.75. The summed E-state index contributed by atoms with van der Waals surface area (Å²) < 4.78 is 28.8. The molecule has 0 saturated carbocycles. The minimum atomic E-state index is -1.19. The number of aromatic nitrogens is 3. The molecule has 0 radical (unpaired) electrons. The number of aliphatic imine (C=N–C) groups is 1. The van der Waals surface area contributed by atoms with Crippen molar-refractivity contribution >= 4 is 39.5 Å². The molecule has 2 aromatic heterocycles. The van der Waals surface area contributed by atoms with Gasteiger partial charge in [0.1, 0.15) is 17.9 Å². The van der Waals surface area contributed by atoms with Crippen LogP contribution in [0.5, 0.6) is 0 Å². The maximum Gasteiger partial charge on any atom is 0.164 e. The van der Waals surface area contributed by atoms with Crippen molar-refractivity contribution < 1.29 is 13.9 Å². The number of nitrogens with two attached hydrogens (primary N) is 1. The van der Waals surface area contributed by atoms with E-state index in [1.807, 2.05) is 6.07 Å². The number of nitriles is 1. The fourth-order valence-corrected chi connectivity index (χ4v) is 5.02. The molecule has 4 rings (SSSR count). The van der Waals surface area contributed by atoms with Gasteiger partial charge in [-0.25, -0.2) is 23.7 Å². The van der Waals surface area contributed by atoms with E-state index in [2.05, 4.69) is 25.3 Å². The molecule has 4 N–H and O–H groups in total. The first-order valence-corrected chi connectivity index (χ1v) is 10.4. The van der Waals surface area contributed by atoms with Gasteiger partial charge in [-0.15, -0.1) is 0 Å². The Morgan fingerprint density at radius 2 is 2.03 bits per heavy atom. The predicted molar refractivity (Wildman–Crippen MR) is 118 cm³/mol. The SMILES string of the molecule is C[C@]1(CO)C[C@@](C)(c2cc(Nc3ncnc4cc(C#N)cnc34)cc(F)c2F)N=C(N)S1. The summed E-state index contributed by atoms with van der Waals surface area (Å²) in [4.78, 5) is 16.9. The van der Waals surface area contributed by atoms with Gasteiger partial charge in [-0.2, -0.15) is 5.26 Å². The number of nitrogens with zero attached hydrogens (tertiary/aromatic N) is 5. The summed E-state index contributed by atoms with van der Waals surface area (Å²) in [7, 11) is 0. The van der Waals surface area contributed by atoms with Crippen LogP contribution in [0.4, 0.5) is 20.3 Å². The van der Waals surface area contributed by atoms with Crippen LogP contribution in [0.25, 0.3) is 11.0 Å². The lowest BCUT2D eigenvalue weighted by atomic mass is 9.83. The van der Waals surface area contributed by atoms with Gasteiger partial charge >= 0.3 is 0 Å². The number of hydrogen-bond acceptors (Lipinski definition) is 9. The quantitative estimate of drug-likeness (QED) is 0.546. The summed E-state index contributed by atoms with van der Waals surface area (Å²) in [6.07, 6.45) is 2.91. The van der Waals surface area contributed by atoms with E-state index in [1.165, 1.54) is 30.4 Å². The predicted octanol–water partition coefficient (Wildman–Crippen LogP) is 3.34. The zero-order chi connectivity index (χ0) is 23.1. The number of amidine groups is 1. The Morgan fingerprint density at radius 1 is 1.25 bits per heavy atom. The molecule has 11 heteroatoms. The van der Waals surface area contributed by atoms with Gasteiger partial charge in [0, 0.05) is 28.3 Å². The van der Waals surface area contributed by atoms with E-state index in [4.69, 9.17) is 11.0 Å². The third kappa shape index (κ3) is 3.94. The van der Waals surface area contributed by atoms with Crippen LogP contribution >= 0.6 is 11.8 Å². The van der Waals surface area contributed by atoms with Crippen molar-refractivity contribution in [2.24, 2.45) is 10.7 Å². The Labute approximate surface area is 186 Å². The fraction of sp³-hybridized carbons (Fsp3) is 0.286. The summed E-state index contributed by atoms with van der Waals surface area (Å²) in [6.45, 7) is 3.25. The van der Waals surface area contributed by atoms with Gasteiger partial charge in [-0.3, -0.25) is 4.99 Å². The van der Waals surface area contributed by atoms with E-state index < -0.39 is 21.9 Å². The van der Waals surface area contributed by atoms with E-state index in [-0.39, 0.29) is 35.3 Å². The van der Waals surface area contributed by atoms with Crippen LogP contribution in [0.3, 0.4) is 0 Å². The molecule has 8 nitrogen and oxygen atoms in total. The molecule has 1 aliphatic rings. The molecule has 1 aliphatic heterocycles. The molecule has 164 valence electrons. The number of rotatable bonds is 4. The number of aliphatic hydroxyl groups excluding tert-OH is 1. The second kappa shape index (κ2) is 7.96. The van der Waals surface area contributed by atoms with Gasteiger partial charge in [-0.05, 0) is 32.4 Å². The minimum absolute atomic E-state index is 0.000938. The lowest BCUT2D eigenvalue weighted by Gasteiger charge is -2.40. The van der Waals surface area contributed by atoms with Gasteiger partial charge in [0.05, 0.1) is 23.2 Å². The molecule has 0 unspecified atom stereocenters. The number of benzene rings is 1. The maximum absolute atomic E-state index is 14.9. The molecule has 0 spiro atoms. The Kier molecular flexibility index (Phi) is 5.44. The second-order valence-electron chi connectivity index (χ2n) is 7.98. The van der Waals surface area contributed by atoms with E-state index in [0.29, 0.717) is 16.6 Å². The first kappa shape index (κ1) is 21.9. The topological polar surface area (TPSA) is 133 Å². The molecule has 2 atom stereocenters. The minimum Gasteiger partial charge on any atom is -0.395 e. The van der Waals surface area contributed by atoms with Crippen LogP contribution in [0.2, 0.25) is 0 Å². The summed E-state index contributed by atoms with van der Waals surface area (Å²) in [5.74, 6) is -1.84. The van der Waals surface area contributed by atoms with Crippen molar-refractivity contribution in [3.8, 4) is 6.07 Å². The number of nitrogens with one attached hydrogen (secondary N) is 1. The summed E-state index contributed by atoms with van der Waals surface area (Å²) in [5, 5.41) is 22.0. The molecule has 0 fully saturated rings. The van der Waals surface area contributed by atoms with Gasteiger partial charge in [0.25, 0.3) is 0 Å². The third-order valence-electron chi connectivity index (χ3n) is 5.24. The van der Waals surface area contributed by atoms with Crippen LogP contribution in [0.1, 0.15) is 31.4 Å². The fourth-order valence-electron chi connectivity index (χ4n) is 3.85. The maximum atomic E-state index is 14.9. The van der Waals surface area contributed by atoms with Gasteiger partial charge in [0.15, 0.2) is 22.6 Å². The Hall–Kier alpha value is -3.36. The number of anilines is 2. The van der Waals surface area contributed by atoms with Crippen molar-refractivity contribution in [1.29, 1.82) is 5.26 Å². The van der Waals surface area contributed by atoms with Crippen molar-refractivity contribution in [1.82, 2.24) is 15.0 Å². The highest BCUT2D eigenvalue weighted by atomic mass is 32.2. The molecular weight excluding hydrogens is 436 g/mol. The summed E-state index contributed by atoms with van der Waals surface area (Å²) in [6, 6.07) is 6.00. The standard InChI is InChI=1S/C21H19F2N7OS/c1-20(9-31)8-21(2,30-19(25)32-20)13-4-12(5-14(22)16(13)23)29-18-17-15(27-10-28-18)3-11(6-24)7-26-17/h3-5,7,10,31H,8-9H2,1-2H3,(H2,25,30)(H,27,28,29)/t20-,21+/m1/s1. The zero-order valence-corrected chi connectivity index (χ0v) is 18.0. The van der Waals surface area contributed by atoms with E-state index >= 15 is 0 Å². The number of pyridine rings is 1. The second-order valence-corrected chi connectivity index (χ2v) is 9.59. The lowest BCUT2D eigenvalue weighted by molar-refractivity contribution is 0.224. The van der Waals surface area contributed by atoms with Gasteiger partial charge < -0.3 is 16.2 Å². The molecule has 3 aromatic rings. The molecule has 0 amide bonds. The van der Waals surface area contributed by atoms with Crippen molar-refractivity contribution in [2.75, 3.05) is 11.9 Å². The highest BCUT2D eigenvalue weighted by Crippen LogP contribution is 2.46. The molecule has 0 saturated heterocycles. The molecule has 0 aliphatic carbocycles. The zero-order valence-electron chi connectivity index (χ0n) is 17.2. The van der Waals surface area contributed by atoms with Crippen molar-refractivity contribution in [3.63, 3.8) is 0 Å². The molecular formula is C21H19F2N7OS. The molecule has 1 aromatic carbocycles. The third-order valence-corrected chi connectivity index (χ3v) is 6.30. The highest BCUT2D eigenvalue weighted by molar-refractivity contribution is 8.15. The number of hydrogen-bond donors (Lipinski definition) is 3. The van der Waals surface area contributed by atoms with Crippen LogP contribution in [0.15, 0.2) is 35.7 Å². The smallest absolute Gasteiger partial charge is 0.164 e. The first-order valence-electron chi connectivity index (χ1n) is 9.59. The molecule has 0 bridgehead atoms. The van der Waals surface area contributed by atoms with E-state index in [0.717, 1.165) is 6.07 Å². The summed E-state index contributed by atoms with van der Waals surface area (Å²) in [5.41, 5.74) is 6.12. The van der Waals surface area contributed by atoms with E-state index in [9.17, 15) is 13.9 Å². The van der Waals surface area contributed by atoms with Crippen LogP contribution in [-0.4, -0.2) is 36.6 Å². The van der Waals surface area contributed by atoms with Crippen molar-refractivity contribution in [2.45, 2.75) is 30.6 Å². The largest absolute Gasteiger partial charge is 0.395 e. The highest BCUT2D eigenvalue weighted by Gasteiger charge is 2.43. The average molecular weight is 455 g/mol. The van der Waals surface area contributed by atoms with Crippen LogP contribution in [-0.2, 0) is 5.54 Å². The number of thioether (sulfide) groups is 1.